The van der Waals surface area contributed by atoms with E-state index in [9.17, 15) is 13.2 Å². The van der Waals surface area contributed by atoms with Crippen molar-refractivity contribution in [2.24, 2.45) is 4.99 Å². The van der Waals surface area contributed by atoms with Crippen molar-refractivity contribution in [1.82, 2.24) is 10.2 Å². The van der Waals surface area contributed by atoms with Crippen molar-refractivity contribution in [1.29, 1.82) is 0 Å². The molecule has 1 heterocycles. The lowest BCUT2D eigenvalue weighted by atomic mass is 10.1. The molecular formula is C24H47N3O5S. The van der Waals surface area contributed by atoms with Gasteiger partial charge < -0.3 is 10.2 Å². The van der Waals surface area contributed by atoms with Crippen LogP contribution in [-0.2, 0) is 19.4 Å². The summed E-state index contributed by atoms with van der Waals surface area (Å²) in [4.78, 5) is 18.1. The molecule has 0 aromatic heterocycles. The van der Waals surface area contributed by atoms with Crippen LogP contribution in [0.1, 0.15) is 96.8 Å². The predicted molar refractivity (Wildman–Crippen MR) is 136 cm³/mol. The summed E-state index contributed by atoms with van der Waals surface area (Å²) in [6.45, 7) is 5.76. The smallest absolute Gasteiger partial charge is 0.359 e. The second-order valence-electron chi connectivity index (χ2n) is 8.34. The van der Waals surface area contributed by atoms with Crippen LogP contribution in [0.15, 0.2) is 17.1 Å². The number of hydrogen-bond donors (Lipinski definition) is 2. The van der Waals surface area contributed by atoms with Gasteiger partial charge in [-0.3, -0.25) is 18.5 Å². The third kappa shape index (κ3) is 25.0. The van der Waals surface area contributed by atoms with Gasteiger partial charge in [-0.1, -0.05) is 70.4 Å². The van der Waals surface area contributed by atoms with Gasteiger partial charge in [0, 0.05) is 26.1 Å². The molecule has 0 bridgehead atoms. The first-order valence-corrected chi connectivity index (χ1v) is 13.9. The molecule has 0 radical (unpaired) electrons. The SMILES string of the molecule is CCCCCCCC/C=C\CCCCCCCC(=O)NCCN1C=NCC1.COS(=O)(=O)O. The van der Waals surface area contributed by atoms with E-state index in [0.29, 0.717) is 6.42 Å². The van der Waals surface area contributed by atoms with E-state index in [-0.39, 0.29) is 5.91 Å². The minimum absolute atomic E-state index is 0.198. The van der Waals surface area contributed by atoms with Gasteiger partial charge in [0.15, 0.2) is 0 Å². The molecule has 194 valence electrons. The second kappa shape index (κ2) is 22.3. The highest BCUT2D eigenvalue weighted by Crippen LogP contribution is 2.10. The summed E-state index contributed by atoms with van der Waals surface area (Å²) in [7, 11) is -3.29. The largest absolute Gasteiger partial charge is 0.397 e. The maximum atomic E-state index is 11.8. The van der Waals surface area contributed by atoms with E-state index in [1.807, 2.05) is 6.34 Å². The van der Waals surface area contributed by atoms with Crippen LogP contribution < -0.4 is 5.32 Å². The van der Waals surface area contributed by atoms with Gasteiger partial charge in [0.2, 0.25) is 5.91 Å². The Balaban J connectivity index is 0.00000150. The number of rotatable bonds is 19. The van der Waals surface area contributed by atoms with Crippen LogP contribution in [0.5, 0.6) is 0 Å². The number of allylic oxidation sites excluding steroid dienone is 2. The second-order valence-corrected chi connectivity index (χ2v) is 9.53. The van der Waals surface area contributed by atoms with E-state index < -0.39 is 10.4 Å². The van der Waals surface area contributed by atoms with Crippen molar-refractivity contribution < 1.29 is 21.9 Å². The molecule has 0 unspecified atom stereocenters. The predicted octanol–water partition coefficient (Wildman–Crippen LogP) is 4.92. The first-order chi connectivity index (χ1) is 15.9. The fourth-order valence-electron chi connectivity index (χ4n) is 3.37. The van der Waals surface area contributed by atoms with Crippen LogP contribution in [0.2, 0.25) is 0 Å². The quantitative estimate of drug-likeness (QED) is 0.151. The lowest BCUT2D eigenvalue weighted by molar-refractivity contribution is -0.121. The fourth-order valence-corrected chi connectivity index (χ4v) is 3.37. The lowest BCUT2D eigenvalue weighted by Gasteiger charge is -2.13. The number of amides is 1. The summed E-state index contributed by atoms with van der Waals surface area (Å²) in [5.41, 5.74) is 0. The molecule has 0 spiro atoms. The third-order valence-corrected chi connectivity index (χ3v) is 5.78. The number of hydrogen-bond acceptors (Lipinski definition) is 6. The van der Waals surface area contributed by atoms with Gasteiger partial charge in [-0.15, -0.1) is 0 Å². The summed E-state index contributed by atoms with van der Waals surface area (Å²) in [6.07, 6.45) is 24.1. The summed E-state index contributed by atoms with van der Waals surface area (Å²) in [6, 6.07) is 0. The molecule has 2 N–H and O–H groups in total. The Morgan fingerprint density at radius 3 is 2.09 bits per heavy atom. The summed E-state index contributed by atoms with van der Waals surface area (Å²) in [5, 5.41) is 3.01. The van der Waals surface area contributed by atoms with Gasteiger partial charge in [-0.2, -0.15) is 8.42 Å². The van der Waals surface area contributed by atoms with E-state index in [4.69, 9.17) is 4.55 Å². The monoisotopic (exact) mass is 489 g/mol. The van der Waals surface area contributed by atoms with E-state index in [2.05, 4.69) is 38.5 Å². The maximum Gasteiger partial charge on any atom is 0.397 e. The van der Waals surface area contributed by atoms with E-state index in [1.165, 1.54) is 77.0 Å². The average molecular weight is 490 g/mol. The molecule has 1 amide bonds. The topological polar surface area (TPSA) is 108 Å². The number of unbranched alkanes of at least 4 members (excludes halogenated alkanes) is 11. The van der Waals surface area contributed by atoms with Gasteiger partial charge in [-0.25, -0.2) is 0 Å². The molecule has 0 atom stereocenters. The molecule has 1 rings (SSSR count). The van der Waals surface area contributed by atoms with E-state index >= 15 is 0 Å². The lowest BCUT2D eigenvalue weighted by Crippen LogP contribution is -2.33. The Bertz CT molecular complexity index is 624. The Hall–Kier alpha value is -1.45. The standard InChI is InChI=1S/C23H43N3O.CH4O4S/c1-2-3-4-5-6-7-8-9-10-11-12-13-14-15-16-17-23(27)25-19-21-26-20-18-24-22-26;1-5-6(2,3)4/h9-10,22H,2-8,11-21H2,1H3,(H,25,27);1H3,(H,2,3,4)/b10-9-;. The van der Waals surface area contributed by atoms with Gasteiger partial charge in [0.25, 0.3) is 0 Å². The van der Waals surface area contributed by atoms with Gasteiger partial charge in [0.1, 0.15) is 0 Å². The number of nitrogens with zero attached hydrogens (tertiary/aromatic N) is 2. The number of nitrogens with one attached hydrogen (secondary N) is 1. The molecule has 1 aliphatic heterocycles. The molecule has 0 fully saturated rings. The Morgan fingerprint density at radius 1 is 1.03 bits per heavy atom. The molecule has 1 aliphatic rings. The zero-order valence-corrected chi connectivity index (χ0v) is 21.7. The van der Waals surface area contributed by atoms with Crippen molar-refractivity contribution >= 4 is 22.6 Å². The third-order valence-electron chi connectivity index (χ3n) is 5.36. The molecule has 33 heavy (non-hydrogen) atoms. The zero-order valence-electron chi connectivity index (χ0n) is 20.8. The summed E-state index contributed by atoms with van der Waals surface area (Å²) < 4.78 is 29.7. The van der Waals surface area contributed by atoms with Crippen molar-refractivity contribution in [2.75, 3.05) is 33.3 Å². The molecule has 0 saturated carbocycles. The number of carbonyl (C=O) groups is 1. The Labute approximate surface area is 202 Å². The number of aliphatic imine (C=N–C) groups is 1. The number of carbonyl (C=O) groups excluding carboxylic acids is 1. The molecule has 0 aromatic rings. The van der Waals surface area contributed by atoms with Crippen molar-refractivity contribution in [3.63, 3.8) is 0 Å². The normalized spacial score (nSPS) is 13.4. The molecule has 9 heteroatoms. The molecule has 8 nitrogen and oxygen atoms in total. The highest BCUT2D eigenvalue weighted by Gasteiger charge is 2.05. The van der Waals surface area contributed by atoms with E-state index in [1.54, 1.807) is 0 Å². The molecular weight excluding hydrogens is 442 g/mol. The van der Waals surface area contributed by atoms with Crippen LogP contribution in [0, 0.1) is 0 Å². The van der Waals surface area contributed by atoms with Gasteiger partial charge in [0.05, 0.1) is 20.0 Å². The van der Waals surface area contributed by atoms with Crippen LogP contribution in [-0.4, -0.2) is 63.4 Å². The minimum atomic E-state index is -4.16. The summed E-state index contributed by atoms with van der Waals surface area (Å²) >= 11 is 0. The minimum Gasteiger partial charge on any atom is -0.359 e. The van der Waals surface area contributed by atoms with Gasteiger partial charge in [-0.05, 0) is 32.1 Å². The van der Waals surface area contributed by atoms with E-state index in [0.717, 1.165) is 39.7 Å². The zero-order chi connectivity index (χ0) is 24.6. The van der Waals surface area contributed by atoms with Crippen LogP contribution in [0.4, 0.5) is 0 Å². The fraction of sp³-hybridized carbons (Fsp3) is 0.833. The Morgan fingerprint density at radius 2 is 1.58 bits per heavy atom. The molecule has 0 aromatic carbocycles. The van der Waals surface area contributed by atoms with Crippen LogP contribution in [0.3, 0.4) is 0 Å². The highest BCUT2D eigenvalue weighted by molar-refractivity contribution is 7.80. The summed E-state index contributed by atoms with van der Waals surface area (Å²) in [5.74, 6) is 0.198. The van der Waals surface area contributed by atoms with Crippen LogP contribution in [0.25, 0.3) is 0 Å². The average Bonchev–Trinajstić information content (AvgIpc) is 3.30. The van der Waals surface area contributed by atoms with Crippen molar-refractivity contribution in [3.05, 3.63) is 12.2 Å². The molecule has 0 aliphatic carbocycles. The van der Waals surface area contributed by atoms with Crippen LogP contribution >= 0.6 is 0 Å². The highest BCUT2D eigenvalue weighted by atomic mass is 32.3. The van der Waals surface area contributed by atoms with Crippen molar-refractivity contribution in [2.45, 2.75) is 96.8 Å². The molecule has 0 saturated heterocycles. The first-order valence-electron chi connectivity index (χ1n) is 12.6. The Kier molecular flexibility index (Phi) is 21.4. The first kappa shape index (κ1) is 31.6. The van der Waals surface area contributed by atoms with Gasteiger partial charge >= 0.3 is 10.4 Å². The van der Waals surface area contributed by atoms with Crippen molar-refractivity contribution in [3.8, 4) is 0 Å². The maximum absolute atomic E-state index is 11.8.